The van der Waals surface area contributed by atoms with E-state index in [1.807, 2.05) is 29.2 Å². The molecule has 1 atom stereocenters. The van der Waals surface area contributed by atoms with Crippen LogP contribution in [0, 0.1) is 5.92 Å². The molecule has 2 N–H and O–H groups in total. The van der Waals surface area contributed by atoms with E-state index in [9.17, 15) is 18.3 Å². The van der Waals surface area contributed by atoms with E-state index in [2.05, 4.69) is 22.8 Å². The van der Waals surface area contributed by atoms with Crippen LogP contribution in [0.25, 0.3) is 31.3 Å². The lowest BCUT2D eigenvalue weighted by Gasteiger charge is -2.18. The summed E-state index contributed by atoms with van der Waals surface area (Å²) in [5.74, 6) is -1.57. The Morgan fingerprint density at radius 1 is 1.12 bits per heavy atom. The van der Waals surface area contributed by atoms with Crippen molar-refractivity contribution in [2.24, 2.45) is 5.92 Å². The van der Waals surface area contributed by atoms with Crippen LogP contribution in [-0.2, 0) is 21.4 Å². The van der Waals surface area contributed by atoms with E-state index in [1.54, 1.807) is 26.0 Å². The predicted octanol–water partition coefficient (Wildman–Crippen LogP) is 4.72. The molecule has 4 rings (SSSR count). The fraction of sp³-hybridized carbons (Fsp3) is 0.304. The van der Waals surface area contributed by atoms with Gasteiger partial charge in [-0.3, -0.25) is 9.48 Å². The standard InChI is InChI=1S/C23H25N3O4S2/c1-4-9-26-13-16(12-24-26)15-5-8-20-19(10-15)18-7-6-17(11-21(18)31-20)32(29,30)25-22(14(2)3)23(27)28/h5-8,10-14,22,25H,4,9H2,1-3H3,(H,27,28)/t22-/m0/s1. The molecule has 0 unspecified atom stereocenters. The highest BCUT2D eigenvalue weighted by Crippen LogP contribution is 2.37. The molecule has 0 radical (unpaired) electrons. The van der Waals surface area contributed by atoms with Crippen molar-refractivity contribution < 1.29 is 18.3 Å². The summed E-state index contributed by atoms with van der Waals surface area (Å²) in [6, 6.07) is 9.94. The van der Waals surface area contributed by atoms with Crippen molar-refractivity contribution >= 4 is 47.5 Å². The van der Waals surface area contributed by atoms with Crippen molar-refractivity contribution in [3.8, 4) is 11.1 Å². The maximum absolute atomic E-state index is 12.8. The quantitative estimate of drug-likeness (QED) is 0.387. The number of aryl methyl sites for hydroxylation is 1. The van der Waals surface area contributed by atoms with Gasteiger partial charge in [-0.15, -0.1) is 11.3 Å². The van der Waals surface area contributed by atoms with Crippen LogP contribution in [0.2, 0.25) is 0 Å². The second-order valence-corrected chi connectivity index (χ2v) is 10.9. The highest BCUT2D eigenvalue weighted by atomic mass is 32.2. The first-order valence-electron chi connectivity index (χ1n) is 10.4. The van der Waals surface area contributed by atoms with Crippen LogP contribution in [0.4, 0.5) is 0 Å². The van der Waals surface area contributed by atoms with Gasteiger partial charge >= 0.3 is 5.97 Å². The molecule has 9 heteroatoms. The Hall–Kier alpha value is -2.75. The van der Waals surface area contributed by atoms with E-state index >= 15 is 0 Å². The number of rotatable bonds is 8. The molecular formula is C23H25N3O4S2. The van der Waals surface area contributed by atoms with Crippen LogP contribution in [0.3, 0.4) is 0 Å². The van der Waals surface area contributed by atoms with Gasteiger partial charge in [-0.25, -0.2) is 8.42 Å². The molecule has 0 aliphatic heterocycles. The van der Waals surface area contributed by atoms with Gasteiger partial charge in [0.05, 0.1) is 11.1 Å². The largest absolute Gasteiger partial charge is 0.480 e. The lowest BCUT2D eigenvalue weighted by atomic mass is 10.1. The number of nitrogens with zero attached hydrogens (tertiary/aromatic N) is 2. The number of aliphatic carboxylic acids is 1. The molecule has 32 heavy (non-hydrogen) atoms. The summed E-state index contributed by atoms with van der Waals surface area (Å²) in [7, 11) is -3.97. The number of carboxylic acids is 1. The molecule has 0 fully saturated rings. The third kappa shape index (κ3) is 4.28. The molecule has 0 amide bonds. The fourth-order valence-electron chi connectivity index (χ4n) is 3.68. The number of benzene rings is 2. The van der Waals surface area contributed by atoms with Crippen molar-refractivity contribution in [2.75, 3.05) is 0 Å². The van der Waals surface area contributed by atoms with Crippen molar-refractivity contribution in [2.45, 2.75) is 44.7 Å². The lowest BCUT2D eigenvalue weighted by molar-refractivity contribution is -0.140. The molecule has 0 spiro atoms. The summed E-state index contributed by atoms with van der Waals surface area (Å²) in [6.45, 7) is 6.31. The Morgan fingerprint density at radius 2 is 1.91 bits per heavy atom. The summed E-state index contributed by atoms with van der Waals surface area (Å²) >= 11 is 1.51. The second-order valence-electron chi connectivity index (χ2n) is 8.14. The van der Waals surface area contributed by atoms with E-state index < -0.39 is 22.0 Å². The minimum absolute atomic E-state index is 0.0597. The molecule has 7 nitrogen and oxygen atoms in total. The number of hydrogen-bond donors (Lipinski definition) is 2. The second kappa shape index (κ2) is 8.65. The van der Waals surface area contributed by atoms with Crippen LogP contribution in [0.5, 0.6) is 0 Å². The number of thiophene rings is 1. The molecule has 0 saturated carbocycles. The number of fused-ring (bicyclic) bond motifs is 3. The molecule has 0 bridgehead atoms. The average Bonchev–Trinajstić information content (AvgIpc) is 3.35. The first-order chi connectivity index (χ1) is 15.2. The van der Waals surface area contributed by atoms with Crippen molar-refractivity contribution in [3.05, 3.63) is 48.8 Å². The lowest BCUT2D eigenvalue weighted by Crippen LogP contribution is -2.44. The Kier molecular flexibility index (Phi) is 6.07. The Labute approximate surface area is 190 Å². The van der Waals surface area contributed by atoms with Crippen molar-refractivity contribution in [1.82, 2.24) is 14.5 Å². The molecule has 0 aliphatic carbocycles. The van der Waals surface area contributed by atoms with E-state index in [4.69, 9.17) is 0 Å². The van der Waals surface area contributed by atoms with Crippen LogP contribution >= 0.6 is 11.3 Å². The first kappa shape index (κ1) is 22.4. The van der Waals surface area contributed by atoms with Gasteiger partial charge in [0.1, 0.15) is 6.04 Å². The highest BCUT2D eigenvalue weighted by molar-refractivity contribution is 7.89. The maximum atomic E-state index is 12.8. The number of aromatic nitrogens is 2. The van der Waals surface area contributed by atoms with E-state index in [-0.39, 0.29) is 10.8 Å². The van der Waals surface area contributed by atoms with Crippen molar-refractivity contribution in [1.29, 1.82) is 0 Å². The van der Waals surface area contributed by atoms with Crippen LogP contribution in [-0.4, -0.2) is 35.3 Å². The number of nitrogens with one attached hydrogen (secondary N) is 1. The summed E-state index contributed by atoms with van der Waals surface area (Å²) in [6.07, 6.45) is 4.90. The number of hydrogen-bond acceptors (Lipinski definition) is 5. The van der Waals surface area contributed by atoms with Gasteiger partial charge in [0.2, 0.25) is 10.0 Å². The van der Waals surface area contributed by atoms with Crippen molar-refractivity contribution in [3.63, 3.8) is 0 Å². The third-order valence-electron chi connectivity index (χ3n) is 5.39. The minimum atomic E-state index is -3.97. The van der Waals surface area contributed by atoms with Gasteiger partial charge < -0.3 is 5.11 Å². The van der Waals surface area contributed by atoms with Crippen LogP contribution in [0.1, 0.15) is 27.2 Å². The van der Waals surface area contributed by atoms with Crippen LogP contribution in [0.15, 0.2) is 53.7 Å². The summed E-state index contributed by atoms with van der Waals surface area (Å²) in [5, 5.41) is 15.8. The molecule has 0 aliphatic rings. The number of carbonyl (C=O) groups is 1. The molecule has 2 heterocycles. The van der Waals surface area contributed by atoms with Gasteiger partial charge in [-0.2, -0.15) is 9.82 Å². The molecule has 4 aromatic rings. The third-order valence-corrected chi connectivity index (χ3v) is 7.96. The SMILES string of the molecule is CCCn1cc(-c2ccc3sc4cc(S(=O)(=O)N[C@H](C(=O)O)C(C)C)ccc4c3c2)cn1. The Morgan fingerprint density at radius 3 is 2.59 bits per heavy atom. The van der Waals surface area contributed by atoms with Gasteiger partial charge in [-0.1, -0.05) is 32.9 Å². The van der Waals surface area contributed by atoms with E-state index in [1.165, 1.54) is 17.4 Å². The normalized spacial score (nSPS) is 13.2. The molecule has 0 saturated heterocycles. The minimum Gasteiger partial charge on any atom is -0.480 e. The topological polar surface area (TPSA) is 101 Å². The Balaban J connectivity index is 1.72. The van der Waals surface area contributed by atoms with Gasteiger partial charge in [-0.05, 0) is 42.2 Å². The predicted molar refractivity (Wildman–Crippen MR) is 127 cm³/mol. The number of sulfonamides is 1. The zero-order valence-electron chi connectivity index (χ0n) is 18.1. The maximum Gasteiger partial charge on any atom is 0.322 e. The summed E-state index contributed by atoms with van der Waals surface area (Å²) in [4.78, 5) is 11.5. The molecule has 2 aromatic carbocycles. The van der Waals surface area contributed by atoms with E-state index in [0.717, 1.165) is 44.3 Å². The average molecular weight is 472 g/mol. The monoisotopic (exact) mass is 471 g/mol. The van der Waals surface area contributed by atoms with Gasteiger partial charge in [0.15, 0.2) is 0 Å². The Bertz CT molecular complexity index is 1400. The van der Waals surface area contributed by atoms with Crippen LogP contribution < -0.4 is 4.72 Å². The highest BCUT2D eigenvalue weighted by Gasteiger charge is 2.28. The fourth-order valence-corrected chi connectivity index (χ4v) is 6.24. The summed E-state index contributed by atoms with van der Waals surface area (Å²) in [5.41, 5.74) is 2.09. The molecular weight excluding hydrogens is 446 g/mol. The number of carboxylic acid groups (broad SMARTS) is 1. The smallest absolute Gasteiger partial charge is 0.322 e. The van der Waals surface area contributed by atoms with Gasteiger partial charge in [0.25, 0.3) is 0 Å². The summed E-state index contributed by atoms with van der Waals surface area (Å²) < 4.78 is 31.8. The zero-order valence-corrected chi connectivity index (χ0v) is 19.7. The molecule has 168 valence electrons. The zero-order chi connectivity index (χ0) is 23.0. The molecule has 2 aromatic heterocycles. The van der Waals surface area contributed by atoms with E-state index in [0.29, 0.717) is 0 Å². The first-order valence-corrected chi connectivity index (χ1v) is 12.7. The van der Waals surface area contributed by atoms with Gasteiger partial charge in [0, 0.05) is 38.5 Å².